The molecular weight excluding hydrogens is 361 g/mol. The molecule has 0 unspecified atom stereocenters. The fraction of sp³-hybridized carbons (Fsp3) is 0.750. The van der Waals surface area contributed by atoms with E-state index in [1.54, 1.807) is 0 Å². The van der Waals surface area contributed by atoms with Gasteiger partial charge in [0.1, 0.15) is 11.6 Å². The molecule has 110 valence electrons. The molecule has 2 N–H and O–H groups in total. The molecule has 0 atom stereocenters. The Morgan fingerprint density at radius 1 is 0.950 bits per heavy atom. The first kappa shape index (κ1) is 14.5. The highest BCUT2D eigenvalue weighted by Crippen LogP contribution is 2.39. The molecule has 0 saturated heterocycles. The quantitative estimate of drug-likeness (QED) is 0.757. The molecule has 20 heavy (non-hydrogen) atoms. The van der Waals surface area contributed by atoms with Gasteiger partial charge in [-0.2, -0.15) is 0 Å². The minimum atomic E-state index is 0.533. The van der Waals surface area contributed by atoms with Crippen LogP contribution >= 0.6 is 22.6 Å². The maximum atomic E-state index is 6.16. The first-order valence-corrected chi connectivity index (χ1v) is 9.06. The van der Waals surface area contributed by atoms with Crippen molar-refractivity contribution in [2.75, 3.05) is 5.73 Å². The van der Waals surface area contributed by atoms with Crippen molar-refractivity contribution in [3.8, 4) is 0 Å². The van der Waals surface area contributed by atoms with Crippen LogP contribution in [0.15, 0.2) is 0 Å². The zero-order valence-corrected chi connectivity index (χ0v) is 14.4. The maximum Gasteiger partial charge on any atom is 0.140 e. The van der Waals surface area contributed by atoms with Crippen molar-refractivity contribution in [1.29, 1.82) is 0 Å². The number of aromatic nitrogens is 2. The number of halogens is 1. The predicted molar refractivity (Wildman–Crippen MR) is 90.7 cm³/mol. The SMILES string of the molecule is CC1CCC(c2nc(N)c(I)c(C3CCCC3)n2)CC1. The lowest BCUT2D eigenvalue weighted by molar-refractivity contribution is 0.339. The minimum Gasteiger partial charge on any atom is -0.383 e. The largest absolute Gasteiger partial charge is 0.383 e. The molecule has 1 aromatic heterocycles. The van der Waals surface area contributed by atoms with Gasteiger partial charge in [-0.1, -0.05) is 32.6 Å². The summed E-state index contributed by atoms with van der Waals surface area (Å²) in [6.45, 7) is 2.35. The Kier molecular flexibility index (Phi) is 4.48. The van der Waals surface area contributed by atoms with Gasteiger partial charge in [0.2, 0.25) is 0 Å². The van der Waals surface area contributed by atoms with E-state index in [-0.39, 0.29) is 0 Å². The van der Waals surface area contributed by atoms with Gasteiger partial charge in [-0.05, 0) is 54.2 Å². The van der Waals surface area contributed by atoms with E-state index in [1.165, 1.54) is 57.1 Å². The zero-order chi connectivity index (χ0) is 14.1. The van der Waals surface area contributed by atoms with E-state index in [9.17, 15) is 0 Å². The van der Waals surface area contributed by atoms with Gasteiger partial charge in [0.05, 0.1) is 9.26 Å². The highest BCUT2D eigenvalue weighted by Gasteiger charge is 2.27. The van der Waals surface area contributed by atoms with Gasteiger partial charge in [-0.15, -0.1) is 0 Å². The average molecular weight is 385 g/mol. The standard InChI is InChI=1S/C16H24IN3/c1-10-6-8-12(9-7-10)16-19-14(11-4-2-3-5-11)13(17)15(18)20-16/h10-12H,2-9H2,1H3,(H2,18,19,20). The third kappa shape index (κ3) is 2.95. The molecule has 2 aliphatic rings. The van der Waals surface area contributed by atoms with Crippen molar-refractivity contribution < 1.29 is 0 Å². The normalized spacial score (nSPS) is 27.9. The Hall–Kier alpha value is -0.390. The summed E-state index contributed by atoms with van der Waals surface area (Å²) in [7, 11) is 0. The molecule has 2 fully saturated rings. The molecule has 1 aromatic rings. The summed E-state index contributed by atoms with van der Waals surface area (Å²) in [6.07, 6.45) is 10.3. The summed E-state index contributed by atoms with van der Waals surface area (Å²) in [5.41, 5.74) is 7.40. The fourth-order valence-corrected chi connectivity index (χ4v) is 4.35. The highest BCUT2D eigenvalue weighted by atomic mass is 127. The summed E-state index contributed by atoms with van der Waals surface area (Å²) < 4.78 is 1.10. The van der Waals surface area contributed by atoms with Gasteiger partial charge in [0.25, 0.3) is 0 Å². The van der Waals surface area contributed by atoms with E-state index in [4.69, 9.17) is 10.7 Å². The molecule has 4 heteroatoms. The molecule has 2 aliphatic carbocycles. The lowest BCUT2D eigenvalue weighted by Crippen LogP contribution is -2.17. The summed E-state index contributed by atoms with van der Waals surface area (Å²) >= 11 is 2.34. The second kappa shape index (κ2) is 6.16. The van der Waals surface area contributed by atoms with Gasteiger partial charge in [0.15, 0.2) is 0 Å². The van der Waals surface area contributed by atoms with Crippen LogP contribution in [0.2, 0.25) is 0 Å². The van der Waals surface area contributed by atoms with Gasteiger partial charge in [-0.25, -0.2) is 9.97 Å². The first-order valence-electron chi connectivity index (χ1n) is 7.98. The second-order valence-electron chi connectivity index (χ2n) is 6.60. The van der Waals surface area contributed by atoms with Crippen LogP contribution in [0.4, 0.5) is 5.82 Å². The Balaban J connectivity index is 1.87. The van der Waals surface area contributed by atoms with Gasteiger partial charge >= 0.3 is 0 Å². The third-order valence-electron chi connectivity index (χ3n) is 5.04. The van der Waals surface area contributed by atoms with E-state index in [0.29, 0.717) is 17.7 Å². The third-order valence-corrected chi connectivity index (χ3v) is 6.15. The molecule has 3 rings (SSSR count). The van der Waals surface area contributed by atoms with E-state index in [0.717, 1.165) is 15.3 Å². The van der Waals surface area contributed by atoms with Crippen molar-refractivity contribution in [2.24, 2.45) is 5.92 Å². The van der Waals surface area contributed by atoms with Crippen LogP contribution in [0.5, 0.6) is 0 Å². The number of anilines is 1. The fourth-order valence-electron chi connectivity index (χ4n) is 3.67. The number of nitrogens with two attached hydrogens (primary N) is 1. The smallest absolute Gasteiger partial charge is 0.140 e. The Morgan fingerprint density at radius 2 is 1.60 bits per heavy atom. The lowest BCUT2D eigenvalue weighted by atomic mass is 9.82. The van der Waals surface area contributed by atoms with Crippen LogP contribution in [-0.4, -0.2) is 9.97 Å². The summed E-state index contributed by atoms with van der Waals surface area (Å²) in [5, 5.41) is 0. The van der Waals surface area contributed by atoms with Crippen molar-refractivity contribution >= 4 is 28.4 Å². The topological polar surface area (TPSA) is 51.8 Å². The Labute approximate surface area is 135 Å². The number of rotatable bonds is 2. The Bertz CT molecular complexity index is 475. The molecule has 0 spiro atoms. The number of hydrogen-bond donors (Lipinski definition) is 1. The summed E-state index contributed by atoms with van der Waals surface area (Å²) in [4.78, 5) is 9.58. The monoisotopic (exact) mass is 385 g/mol. The molecule has 0 aromatic carbocycles. The van der Waals surface area contributed by atoms with E-state index in [1.807, 2.05) is 0 Å². The van der Waals surface area contributed by atoms with Gasteiger partial charge < -0.3 is 5.73 Å². The molecule has 3 nitrogen and oxygen atoms in total. The molecule has 2 saturated carbocycles. The summed E-state index contributed by atoms with van der Waals surface area (Å²) in [6, 6.07) is 0. The predicted octanol–water partition coefficient (Wildman–Crippen LogP) is 4.61. The van der Waals surface area contributed by atoms with Crippen LogP contribution in [0, 0.1) is 9.49 Å². The van der Waals surface area contributed by atoms with Crippen molar-refractivity contribution in [3.05, 3.63) is 15.1 Å². The van der Waals surface area contributed by atoms with Crippen LogP contribution in [0.25, 0.3) is 0 Å². The van der Waals surface area contributed by atoms with E-state index < -0.39 is 0 Å². The van der Waals surface area contributed by atoms with E-state index >= 15 is 0 Å². The van der Waals surface area contributed by atoms with Crippen molar-refractivity contribution in [2.45, 2.75) is 70.1 Å². The van der Waals surface area contributed by atoms with Gasteiger partial charge in [0, 0.05) is 11.8 Å². The molecule has 0 amide bonds. The minimum absolute atomic E-state index is 0.533. The highest BCUT2D eigenvalue weighted by molar-refractivity contribution is 14.1. The van der Waals surface area contributed by atoms with Crippen molar-refractivity contribution in [1.82, 2.24) is 9.97 Å². The Morgan fingerprint density at radius 3 is 2.25 bits per heavy atom. The molecule has 1 heterocycles. The van der Waals surface area contributed by atoms with Gasteiger partial charge in [-0.3, -0.25) is 0 Å². The first-order chi connectivity index (χ1) is 9.65. The maximum absolute atomic E-state index is 6.16. The van der Waals surface area contributed by atoms with Crippen molar-refractivity contribution in [3.63, 3.8) is 0 Å². The molecule has 0 aliphatic heterocycles. The second-order valence-corrected chi connectivity index (χ2v) is 7.68. The van der Waals surface area contributed by atoms with Crippen LogP contribution in [0.1, 0.15) is 81.6 Å². The molecule has 0 bridgehead atoms. The van der Waals surface area contributed by atoms with E-state index in [2.05, 4.69) is 34.5 Å². The molecule has 0 radical (unpaired) electrons. The number of nitrogens with zero attached hydrogens (tertiary/aromatic N) is 2. The number of nitrogen functional groups attached to an aromatic ring is 1. The lowest BCUT2D eigenvalue weighted by Gasteiger charge is -2.26. The molecular formula is C16H24IN3. The zero-order valence-electron chi connectivity index (χ0n) is 12.2. The van der Waals surface area contributed by atoms with Crippen LogP contribution in [-0.2, 0) is 0 Å². The average Bonchev–Trinajstić information content (AvgIpc) is 2.96. The van der Waals surface area contributed by atoms with Crippen LogP contribution < -0.4 is 5.73 Å². The number of hydrogen-bond acceptors (Lipinski definition) is 3. The van der Waals surface area contributed by atoms with Crippen LogP contribution in [0.3, 0.4) is 0 Å². The summed E-state index contributed by atoms with van der Waals surface area (Å²) in [5.74, 6) is 3.74.